The molecular formula is C7H7N3O. The first kappa shape index (κ1) is 7.40. The molecule has 0 saturated heterocycles. The van der Waals surface area contributed by atoms with Crippen LogP contribution in [-0.2, 0) is 0 Å². The first-order chi connectivity index (χ1) is 5.33. The minimum Gasteiger partial charge on any atom is -0.365 e. The highest BCUT2D eigenvalue weighted by molar-refractivity contribution is 5.81. The van der Waals surface area contributed by atoms with E-state index in [0.717, 1.165) is 0 Å². The van der Waals surface area contributed by atoms with Crippen LogP contribution in [0.25, 0.3) is 0 Å². The summed E-state index contributed by atoms with van der Waals surface area (Å²) < 4.78 is 0. The summed E-state index contributed by atoms with van der Waals surface area (Å²) in [6, 6.07) is 8.92. The molecule has 11 heavy (non-hydrogen) atoms. The second kappa shape index (κ2) is 3.46. The molecule has 4 nitrogen and oxygen atoms in total. The fourth-order valence-corrected chi connectivity index (χ4v) is 0.655. The second-order valence-corrected chi connectivity index (χ2v) is 1.90. The van der Waals surface area contributed by atoms with Crippen molar-refractivity contribution < 1.29 is 0 Å². The van der Waals surface area contributed by atoms with E-state index in [1.165, 1.54) is 0 Å². The van der Waals surface area contributed by atoms with Crippen LogP contribution in [0.3, 0.4) is 0 Å². The van der Waals surface area contributed by atoms with E-state index in [2.05, 4.69) is 10.2 Å². The van der Waals surface area contributed by atoms with Gasteiger partial charge in [0.15, 0.2) is 0 Å². The fourth-order valence-electron chi connectivity index (χ4n) is 0.655. The summed E-state index contributed by atoms with van der Waals surface area (Å²) in [5, 5.41) is 2.46. The Balaban J connectivity index is 2.87. The number of guanidine groups is 1. The highest BCUT2D eigenvalue weighted by atomic mass is 16.3. The highest BCUT2D eigenvalue weighted by Crippen LogP contribution is 2.08. The minimum atomic E-state index is -0.254. The van der Waals surface area contributed by atoms with Crippen molar-refractivity contribution >= 4 is 11.6 Å². The predicted molar refractivity (Wildman–Crippen MR) is 43.5 cm³/mol. The Bertz CT molecular complexity index is 268. The van der Waals surface area contributed by atoms with Gasteiger partial charge in [0.25, 0.3) is 5.96 Å². The average molecular weight is 149 g/mol. The summed E-state index contributed by atoms with van der Waals surface area (Å²) in [5.41, 5.74) is 5.71. The van der Waals surface area contributed by atoms with Crippen molar-refractivity contribution in [2.75, 3.05) is 0 Å². The molecule has 0 radical (unpaired) electrons. The third-order valence-electron chi connectivity index (χ3n) is 1.09. The minimum absolute atomic E-state index is 0.254. The summed E-state index contributed by atoms with van der Waals surface area (Å²) in [6.45, 7) is 0. The maximum absolute atomic E-state index is 9.80. The predicted octanol–water partition coefficient (Wildman–Crippen LogP) is 1.40. The lowest BCUT2D eigenvalue weighted by Crippen LogP contribution is -2.05. The Kier molecular flexibility index (Phi) is 2.32. The Morgan fingerprint density at radius 1 is 1.27 bits per heavy atom. The van der Waals surface area contributed by atoms with Crippen LogP contribution in [0.15, 0.2) is 40.5 Å². The monoisotopic (exact) mass is 149 g/mol. The molecule has 0 aliphatic heterocycles. The van der Waals surface area contributed by atoms with Crippen molar-refractivity contribution in [1.82, 2.24) is 0 Å². The van der Waals surface area contributed by atoms with Gasteiger partial charge in [-0.1, -0.05) is 18.2 Å². The smallest absolute Gasteiger partial charge is 0.262 e. The van der Waals surface area contributed by atoms with Crippen LogP contribution in [-0.4, -0.2) is 5.96 Å². The molecule has 0 spiro atoms. The van der Waals surface area contributed by atoms with E-state index < -0.39 is 0 Å². The van der Waals surface area contributed by atoms with E-state index in [-0.39, 0.29) is 5.96 Å². The van der Waals surface area contributed by atoms with E-state index in [4.69, 9.17) is 5.73 Å². The Morgan fingerprint density at radius 3 is 2.45 bits per heavy atom. The van der Waals surface area contributed by atoms with Gasteiger partial charge >= 0.3 is 0 Å². The van der Waals surface area contributed by atoms with Gasteiger partial charge in [0.05, 0.1) is 5.69 Å². The van der Waals surface area contributed by atoms with Gasteiger partial charge in [-0.05, 0) is 12.1 Å². The van der Waals surface area contributed by atoms with E-state index >= 15 is 0 Å². The molecule has 1 aromatic rings. The molecule has 2 N–H and O–H groups in total. The lowest BCUT2D eigenvalue weighted by atomic mass is 10.3. The van der Waals surface area contributed by atoms with Crippen molar-refractivity contribution in [2.45, 2.75) is 0 Å². The average Bonchev–Trinajstić information content (AvgIpc) is 2.06. The van der Waals surface area contributed by atoms with Gasteiger partial charge < -0.3 is 5.73 Å². The molecule has 0 aliphatic carbocycles. The molecule has 0 aliphatic rings. The zero-order valence-electron chi connectivity index (χ0n) is 5.77. The van der Waals surface area contributed by atoms with Gasteiger partial charge in [-0.15, -0.1) is 4.91 Å². The zero-order chi connectivity index (χ0) is 8.10. The summed E-state index contributed by atoms with van der Waals surface area (Å²) in [5.74, 6) is -0.254. The standard InChI is InChI=1S/C7H7N3O/c8-7(10-11)9-6-4-2-1-3-5-6/h1-5H,(H2,8,9). The first-order valence-corrected chi connectivity index (χ1v) is 3.05. The lowest BCUT2D eigenvalue weighted by molar-refractivity contribution is 1.41. The van der Waals surface area contributed by atoms with Gasteiger partial charge in [0, 0.05) is 5.18 Å². The topological polar surface area (TPSA) is 67.8 Å². The van der Waals surface area contributed by atoms with E-state index in [1.807, 2.05) is 6.07 Å². The van der Waals surface area contributed by atoms with Crippen molar-refractivity contribution in [1.29, 1.82) is 0 Å². The summed E-state index contributed by atoms with van der Waals surface area (Å²) in [6.07, 6.45) is 0. The summed E-state index contributed by atoms with van der Waals surface area (Å²) in [4.78, 5) is 13.5. The molecule has 0 bridgehead atoms. The molecule has 0 atom stereocenters. The molecule has 0 aromatic heterocycles. The van der Waals surface area contributed by atoms with Gasteiger partial charge in [-0.3, -0.25) is 0 Å². The van der Waals surface area contributed by atoms with Crippen molar-refractivity contribution in [3.05, 3.63) is 35.2 Å². The number of benzene rings is 1. The molecule has 0 amide bonds. The van der Waals surface area contributed by atoms with E-state index in [1.54, 1.807) is 24.3 Å². The van der Waals surface area contributed by atoms with E-state index in [0.29, 0.717) is 5.69 Å². The van der Waals surface area contributed by atoms with Gasteiger partial charge in [0.2, 0.25) is 0 Å². The quantitative estimate of drug-likeness (QED) is 0.372. The maximum Gasteiger partial charge on any atom is 0.262 e. The lowest BCUT2D eigenvalue weighted by Gasteiger charge is -1.89. The summed E-state index contributed by atoms with van der Waals surface area (Å²) >= 11 is 0. The molecule has 0 fully saturated rings. The molecule has 1 rings (SSSR count). The normalized spacial score (nSPS) is 11.1. The molecule has 1 aromatic carbocycles. The van der Waals surface area contributed by atoms with Crippen molar-refractivity contribution in [3.8, 4) is 0 Å². The van der Waals surface area contributed by atoms with Gasteiger partial charge in [-0.25, -0.2) is 4.99 Å². The summed E-state index contributed by atoms with van der Waals surface area (Å²) in [7, 11) is 0. The van der Waals surface area contributed by atoms with Crippen LogP contribution < -0.4 is 5.73 Å². The van der Waals surface area contributed by atoms with Crippen LogP contribution in [0.4, 0.5) is 5.69 Å². The zero-order valence-corrected chi connectivity index (χ0v) is 5.77. The number of hydrogen-bond acceptors (Lipinski definition) is 2. The largest absolute Gasteiger partial charge is 0.365 e. The highest BCUT2D eigenvalue weighted by Gasteiger charge is 1.88. The number of para-hydroxylation sites is 1. The van der Waals surface area contributed by atoms with Crippen LogP contribution >= 0.6 is 0 Å². The Morgan fingerprint density at radius 2 is 1.91 bits per heavy atom. The van der Waals surface area contributed by atoms with Crippen molar-refractivity contribution in [2.24, 2.45) is 15.9 Å². The van der Waals surface area contributed by atoms with Crippen molar-refractivity contribution in [3.63, 3.8) is 0 Å². The van der Waals surface area contributed by atoms with Crippen LogP contribution in [0.5, 0.6) is 0 Å². The number of rotatable bonds is 1. The van der Waals surface area contributed by atoms with Gasteiger partial charge in [0.1, 0.15) is 0 Å². The number of nitroso groups, excluding NO2 is 1. The number of hydrogen-bond donors (Lipinski definition) is 1. The third-order valence-corrected chi connectivity index (χ3v) is 1.09. The fraction of sp³-hybridized carbons (Fsp3) is 0. The molecular weight excluding hydrogens is 142 g/mol. The van der Waals surface area contributed by atoms with Crippen LogP contribution in [0.1, 0.15) is 0 Å². The SMILES string of the molecule is NC(N=O)=Nc1ccccc1. The third kappa shape index (κ3) is 2.17. The number of aliphatic imine (C=N–C) groups is 1. The first-order valence-electron chi connectivity index (χ1n) is 3.05. The Hall–Kier alpha value is -1.71. The molecule has 56 valence electrons. The maximum atomic E-state index is 9.80. The van der Waals surface area contributed by atoms with E-state index in [9.17, 15) is 4.91 Å². The molecule has 0 saturated carbocycles. The van der Waals surface area contributed by atoms with Crippen LogP contribution in [0, 0.1) is 4.91 Å². The molecule has 4 heteroatoms. The number of nitrogens with two attached hydrogens (primary N) is 1. The molecule has 0 heterocycles. The van der Waals surface area contributed by atoms with Crippen LogP contribution in [0.2, 0.25) is 0 Å². The molecule has 0 unspecified atom stereocenters. The Labute approximate surface area is 63.7 Å². The second-order valence-electron chi connectivity index (χ2n) is 1.90. The number of nitrogens with zero attached hydrogens (tertiary/aromatic N) is 2. The van der Waals surface area contributed by atoms with Gasteiger partial charge in [-0.2, -0.15) is 0 Å².